The number of rotatable bonds is 3. The van der Waals surface area contributed by atoms with Gasteiger partial charge in [-0.2, -0.15) is 4.98 Å². The van der Waals surface area contributed by atoms with E-state index < -0.39 is 11.9 Å². The summed E-state index contributed by atoms with van der Waals surface area (Å²) >= 11 is 3.10. The average Bonchev–Trinajstić information content (AvgIpc) is 2.81. The van der Waals surface area contributed by atoms with Crippen molar-refractivity contribution in [1.29, 1.82) is 0 Å². The van der Waals surface area contributed by atoms with Gasteiger partial charge in [-0.3, -0.25) is 0 Å². The summed E-state index contributed by atoms with van der Waals surface area (Å²) in [6, 6.07) is 3.77. The molecule has 3 N–H and O–H groups in total. The lowest BCUT2D eigenvalue weighted by Crippen LogP contribution is -2.15. The second kappa shape index (κ2) is 4.91. The van der Waals surface area contributed by atoms with Crippen molar-refractivity contribution >= 4 is 15.9 Å². The molecule has 7 heteroatoms. The van der Waals surface area contributed by atoms with Crippen LogP contribution in [0, 0.1) is 5.82 Å². The van der Waals surface area contributed by atoms with Gasteiger partial charge in [0.25, 0.3) is 5.89 Å². The Labute approximate surface area is 105 Å². The van der Waals surface area contributed by atoms with E-state index in [2.05, 4.69) is 26.1 Å². The predicted molar refractivity (Wildman–Crippen MR) is 61.4 cm³/mol. The molecule has 0 saturated heterocycles. The van der Waals surface area contributed by atoms with Crippen molar-refractivity contribution in [3.05, 3.63) is 34.3 Å². The third kappa shape index (κ3) is 2.36. The molecule has 2 aromatic rings. The minimum atomic E-state index is -0.708. The van der Waals surface area contributed by atoms with Gasteiger partial charge in [-0.25, -0.2) is 4.39 Å². The number of aliphatic hydroxyl groups excluding tert-OH is 1. The lowest BCUT2D eigenvalue weighted by molar-refractivity contribution is 0.260. The molecule has 90 valence electrons. The molecular formula is C10H9BrFN3O2. The second-order valence-electron chi connectivity index (χ2n) is 3.35. The first-order valence-electron chi connectivity index (χ1n) is 4.78. The summed E-state index contributed by atoms with van der Waals surface area (Å²) in [5.41, 5.74) is 5.97. The van der Waals surface area contributed by atoms with E-state index in [-0.39, 0.29) is 22.8 Å². The molecule has 1 heterocycles. The van der Waals surface area contributed by atoms with Crippen LogP contribution in [0.3, 0.4) is 0 Å². The monoisotopic (exact) mass is 301 g/mol. The van der Waals surface area contributed by atoms with Crippen molar-refractivity contribution in [2.45, 2.75) is 6.04 Å². The Morgan fingerprint density at radius 1 is 1.53 bits per heavy atom. The number of hydrogen-bond donors (Lipinski definition) is 2. The molecule has 0 bridgehead atoms. The van der Waals surface area contributed by atoms with Crippen LogP contribution in [0.2, 0.25) is 0 Å². The molecule has 0 fully saturated rings. The Kier molecular flexibility index (Phi) is 3.51. The van der Waals surface area contributed by atoms with Crippen molar-refractivity contribution in [3.8, 4) is 11.5 Å². The summed E-state index contributed by atoms with van der Waals surface area (Å²) in [4.78, 5) is 3.99. The third-order valence-corrected chi connectivity index (χ3v) is 2.96. The first-order chi connectivity index (χ1) is 8.13. The van der Waals surface area contributed by atoms with Crippen LogP contribution in [0.25, 0.3) is 11.5 Å². The van der Waals surface area contributed by atoms with Crippen LogP contribution in [-0.2, 0) is 0 Å². The molecule has 0 saturated carbocycles. The standard InChI is InChI=1S/C10H9BrFN3O2/c11-8-5(2-1-3-6(8)12)10-14-9(15-17-10)7(13)4-16/h1-3,7,16H,4,13H2. The SMILES string of the molecule is NC(CO)c1noc(-c2cccc(F)c2Br)n1. The van der Waals surface area contributed by atoms with Gasteiger partial charge < -0.3 is 15.4 Å². The summed E-state index contributed by atoms with van der Waals surface area (Å²) < 4.78 is 18.5. The number of nitrogens with two attached hydrogens (primary N) is 1. The van der Waals surface area contributed by atoms with Gasteiger partial charge in [-0.05, 0) is 28.1 Å². The van der Waals surface area contributed by atoms with Crippen LogP contribution >= 0.6 is 15.9 Å². The first kappa shape index (κ1) is 12.2. The van der Waals surface area contributed by atoms with E-state index >= 15 is 0 Å². The summed E-state index contributed by atoms with van der Waals surface area (Å²) in [5.74, 6) is -0.0948. The Hall–Kier alpha value is -1.31. The molecule has 0 radical (unpaired) electrons. The number of halogens is 2. The van der Waals surface area contributed by atoms with E-state index in [0.717, 1.165) is 0 Å². The molecule has 1 aromatic heterocycles. The van der Waals surface area contributed by atoms with E-state index in [1.165, 1.54) is 12.1 Å². The van der Waals surface area contributed by atoms with Crippen LogP contribution in [-0.4, -0.2) is 21.9 Å². The van der Waals surface area contributed by atoms with E-state index in [9.17, 15) is 4.39 Å². The number of aromatic nitrogens is 2. The van der Waals surface area contributed by atoms with E-state index in [0.29, 0.717) is 5.56 Å². The molecule has 0 spiro atoms. The molecule has 1 atom stereocenters. The number of hydrogen-bond acceptors (Lipinski definition) is 5. The molecular weight excluding hydrogens is 293 g/mol. The highest BCUT2D eigenvalue weighted by molar-refractivity contribution is 9.10. The first-order valence-corrected chi connectivity index (χ1v) is 5.57. The zero-order valence-corrected chi connectivity index (χ0v) is 10.2. The maximum absolute atomic E-state index is 13.3. The van der Waals surface area contributed by atoms with Gasteiger partial charge in [0, 0.05) is 0 Å². The van der Waals surface area contributed by atoms with Crippen LogP contribution in [0.15, 0.2) is 27.2 Å². The lowest BCUT2D eigenvalue weighted by Gasteiger charge is -2.00. The highest BCUT2D eigenvalue weighted by Crippen LogP contribution is 2.29. The van der Waals surface area contributed by atoms with Crippen molar-refractivity contribution in [2.24, 2.45) is 5.73 Å². The van der Waals surface area contributed by atoms with E-state index in [4.69, 9.17) is 15.4 Å². The highest BCUT2D eigenvalue weighted by atomic mass is 79.9. The van der Waals surface area contributed by atoms with Gasteiger partial charge in [-0.1, -0.05) is 11.2 Å². The Balaban J connectivity index is 2.40. The summed E-state index contributed by atoms with van der Waals surface area (Å²) in [6.07, 6.45) is 0. The Morgan fingerprint density at radius 2 is 2.29 bits per heavy atom. The molecule has 1 unspecified atom stereocenters. The van der Waals surface area contributed by atoms with Crippen LogP contribution in [0.4, 0.5) is 4.39 Å². The Bertz CT molecular complexity index is 532. The summed E-state index contributed by atoms with van der Waals surface area (Å²) in [6.45, 7) is -0.288. The number of aliphatic hydroxyl groups is 1. The molecule has 0 aliphatic heterocycles. The fourth-order valence-corrected chi connectivity index (χ4v) is 1.68. The van der Waals surface area contributed by atoms with Crippen LogP contribution < -0.4 is 5.73 Å². The molecule has 0 aliphatic carbocycles. The number of benzene rings is 1. The van der Waals surface area contributed by atoms with Gasteiger partial charge in [0.2, 0.25) is 0 Å². The van der Waals surface area contributed by atoms with Gasteiger partial charge in [0.05, 0.1) is 22.7 Å². The Morgan fingerprint density at radius 3 is 3.00 bits per heavy atom. The molecule has 0 aliphatic rings. The average molecular weight is 302 g/mol. The summed E-state index contributed by atoms with van der Waals surface area (Å²) in [7, 11) is 0. The minimum Gasteiger partial charge on any atom is -0.394 e. The minimum absolute atomic E-state index is 0.148. The molecule has 1 aromatic carbocycles. The lowest BCUT2D eigenvalue weighted by atomic mass is 10.2. The van der Waals surface area contributed by atoms with Gasteiger partial charge >= 0.3 is 0 Å². The largest absolute Gasteiger partial charge is 0.394 e. The van der Waals surface area contributed by atoms with Crippen molar-refractivity contribution in [3.63, 3.8) is 0 Å². The van der Waals surface area contributed by atoms with Gasteiger partial charge in [0.1, 0.15) is 5.82 Å². The summed E-state index contributed by atoms with van der Waals surface area (Å²) in [5, 5.41) is 12.5. The third-order valence-electron chi connectivity index (χ3n) is 2.15. The zero-order valence-electron chi connectivity index (χ0n) is 8.60. The number of nitrogens with zero attached hydrogens (tertiary/aromatic N) is 2. The maximum atomic E-state index is 13.3. The maximum Gasteiger partial charge on any atom is 0.259 e. The molecule has 5 nitrogen and oxygen atoms in total. The van der Waals surface area contributed by atoms with Crippen molar-refractivity contribution < 1.29 is 14.0 Å². The highest BCUT2D eigenvalue weighted by Gasteiger charge is 2.17. The van der Waals surface area contributed by atoms with Crippen LogP contribution in [0.1, 0.15) is 11.9 Å². The predicted octanol–water partition coefficient (Wildman–Crippen LogP) is 1.63. The topological polar surface area (TPSA) is 85.2 Å². The fraction of sp³-hybridized carbons (Fsp3) is 0.200. The van der Waals surface area contributed by atoms with Gasteiger partial charge in [-0.15, -0.1) is 0 Å². The van der Waals surface area contributed by atoms with E-state index in [1.807, 2.05) is 0 Å². The van der Waals surface area contributed by atoms with Gasteiger partial charge in [0.15, 0.2) is 5.82 Å². The quantitative estimate of drug-likeness (QED) is 0.900. The normalized spacial score (nSPS) is 12.7. The fourth-order valence-electron chi connectivity index (χ4n) is 1.25. The van der Waals surface area contributed by atoms with E-state index in [1.54, 1.807) is 6.07 Å². The van der Waals surface area contributed by atoms with Crippen molar-refractivity contribution in [1.82, 2.24) is 10.1 Å². The molecule has 17 heavy (non-hydrogen) atoms. The zero-order chi connectivity index (χ0) is 12.4. The molecule has 2 rings (SSSR count). The van der Waals surface area contributed by atoms with Crippen molar-refractivity contribution in [2.75, 3.05) is 6.61 Å². The smallest absolute Gasteiger partial charge is 0.259 e. The van der Waals surface area contributed by atoms with Crippen LogP contribution in [0.5, 0.6) is 0 Å². The molecule has 0 amide bonds. The second-order valence-corrected chi connectivity index (χ2v) is 4.14.